The summed E-state index contributed by atoms with van der Waals surface area (Å²) in [5.74, 6) is -1.39. The lowest BCUT2D eigenvalue weighted by Gasteiger charge is -2.12. The molecule has 0 bridgehead atoms. The number of hydrogen-bond acceptors (Lipinski definition) is 3. The first-order valence-electron chi connectivity index (χ1n) is 4.46. The van der Waals surface area contributed by atoms with E-state index in [0.717, 1.165) is 12.1 Å². The summed E-state index contributed by atoms with van der Waals surface area (Å²) < 4.78 is 35.4. The Balaban J connectivity index is 2.50. The van der Waals surface area contributed by atoms with Crippen molar-refractivity contribution in [3.05, 3.63) is 29.8 Å². The normalized spacial score (nSPS) is 12.5. The quantitative estimate of drug-likeness (QED) is 0.808. The van der Waals surface area contributed by atoms with Crippen molar-refractivity contribution in [1.29, 1.82) is 0 Å². The summed E-state index contributed by atoms with van der Waals surface area (Å²) in [6, 6.07) is 2.78. The van der Waals surface area contributed by atoms with Crippen molar-refractivity contribution in [3.63, 3.8) is 0 Å². The zero-order valence-electron chi connectivity index (χ0n) is 8.37. The lowest BCUT2D eigenvalue weighted by atomic mass is 10.3. The Morgan fingerprint density at radius 2 is 2.07 bits per heavy atom. The number of benzene rings is 1. The van der Waals surface area contributed by atoms with Gasteiger partial charge in [-0.1, -0.05) is 0 Å². The third kappa shape index (κ3) is 3.81. The maximum atomic E-state index is 13.0. The lowest BCUT2D eigenvalue weighted by molar-refractivity contribution is 0.151. The molecule has 0 saturated carbocycles. The van der Waals surface area contributed by atoms with Gasteiger partial charge < -0.3 is 15.2 Å². The highest BCUT2D eigenvalue weighted by Gasteiger charge is 2.07. The average Bonchev–Trinajstić information content (AvgIpc) is 2.17. The Labute approximate surface area is 86.8 Å². The predicted molar refractivity (Wildman–Crippen MR) is 51.7 cm³/mol. The fraction of sp³-hybridized carbons (Fsp3) is 0.400. The second-order valence-electron chi connectivity index (χ2n) is 3.10. The number of methoxy groups -OCH3 is 1. The molecule has 1 rings (SSSR count). The first-order valence-corrected chi connectivity index (χ1v) is 4.46. The zero-order chi connectivity index (χ0) is 11.3. The van der Waals surface area contributed by atoms with Gasteiger partial charge in [-0.05, 0) is 12.1 Å². The third-order valence-corrected chi connectivity index (χ3v) is 1.73. The smallest absolute Gasteiger partial charge is 0.167 e. The lowest BCUT2D eigenvalue weighted by Crippen LogP contribution is -2.32. The third-order valence-electron chi connectivity index (χ3n) is 1.73. The molecule has 0 fully saturated rings. The van der Waals surface area contributed by atoms with Crippen LogP contribution in [-0.4, -0.2) is 26.4 Å². The Bertz CT molecular complexity index is 320. The van der Waals surface area contributed by atoms with Crippen LogP contribution in [0.2, 0.25) is 0 Å². The number of ether oxygens (including phenoxy) is 2. The van der Waals surface area contributed by atoms with Crippen LogP contribution in [-0.2, 0) is 4.74 Å². The van der Waals surface area contributed by atoms with E-state index < -0.39 is 11.6 Å². The number of nitrogens with two attached hydrogens (primary N) is 1. The summed E-state index contributed by atoms with van der Waals surface area (Å²) in [5, 5.41) is 0. The van der Waals surface area contributed by atoms with Crippen LogP contribution in [0.1, 0.15) is 0 Å². The van der Waals surface area contributed by atoms with E-state index in [2.05, 4.69) is 0 Å². The topological polar surface area (TPSA) is 44.5 Å². The fourth-order valence-corrected chi connectivity index (χ4v) is 1.05. The molecule has 2 N–H and O–H groups in total. The fourth-order valence-electron chi connectivity index (χ4n) is 1.05. The van der Waals surface area contributed by atoms with Crippen molar-refractivity contribution in [1.82, 2.24) is 0 Å². The van der Waals surface area contributed by atoms with E-state index in [1.807, 2.05) is 0 Å². The van der Waals surface area contributed by atoms with Crippen LogP contribution in [0.25, 0.3) is 0 Å². The molecule has 5 heteroatoms. The molecule has 84 valence electrons. The van der Waals surface area contributed by atoms with Gasteiger partial charge >= 0.3 is 0 Å². The van der Waals surface area contributed by atoms with Crippen molar-refractivity contribution in [2.24, 2.45) is 5.73 Å². The van der Waals surface area contributed by atoms with Gasteiger partial charge in [0.25, 0.3) is 0 Å². The highest BCUT2D eigenvalue weighted by Crippen LogP contribution is 2.17. The van der Waals surface area contributed by atoms with Crippen molar-refractivity contribution >= 4 is 0 Å². The number of halogens is 2. The average molecular weight is 217 g/mol. The molecule has 15 heavy (non-hydrogen) atoms. The molecule has 0 radical (unpaired) electrons. The Morgan fingerprint density at radius 3 is 2.67 bits per heavy atom. The van der Waals surface area contributed by atoms with Crippen LogP contribution in [0, 0.1) is 11.6 Å². The highest BCUT2D eigenvalue weighted by atomic mass is 19.1. The van der Waals surface area contributed by atoms with Crippen LogP contribution in [0.4, 0.5) is 8.78 Å². The van der Waals surface area contributed by atoms with E-state index in [4.69, 9.17) is 15.2 Å². The maximum Gasteiger partial charge on any atom is 0.167 e. The van der Waals surface area contributed by atoms with Crippen molar-refractivity contribution in [3.8, 4) is 5.75 Å². The minimum atomic E-state index is -0.736. The first kappa shape index (κ1) is 11.9. The molecule has 0 saturated heterocycles. The van der Waals surface area contributed by atoms with Gasteiger partial charge in [-0.15, -0.1) is 0 Å². The van der Waals surface area contributed by atoms with Crippen LogP contribution in [0.3, 0.4) is 0 Å². The van der Waals surface area contributed by atoms with Crippen molar-refractivity contribution in [2.75, 3.05) is 20.3 Å². The van der Waals surface area contributed by atoms with Gasteiger partial charge in [0.05, 0.1) is 12.6 Å². The van der Waals surface area contributed by atoms with Gasteiger partial charge in [0.1, 0.15) is 12.4 Å². The summed E-state index contributed by atoms with van der Waals surface area (Å²) in [6.45, 7) is 0.444. The summed E-state index contributed by atoms with van der Waals surface area (Å²) in [7, 11) is 1.51. The SMILES string of the molecule is COCC(N)COc1ccc(F)cc1F. The molecule has 1 aromatic carbocycles. The van der Waals surface area contributed by atoms with Crippen LogP contribution >= 0.6 is 0 Å². The van der Waals surface area contributed by atoms with Gasteiger partial charge in [-0.2, -0.15) is 0 Å². The molecule has 0 aliphatic rings. The Morgan fingerprint density at radius 1 is 1.33 bits per heavy atom. The first-order chi connectivity index (χ1) is 7.13. The second kappa shape index (κ2) is 5.63. The standard InChI is InChI=1S/C10H13F2NO2/c1-14-5-8(13)6-15-10-3-2-7(11)4-9(10)12/h2-4,8H,5-6,13H2,1H3. The summed E-state index contributed by atoms with van der Waals surface area (Å²) in [6.07, 6.45) is 0. The van der Waals surface area contributed by atoms with Crippen LogP contribution in [0.15, 0.2) is 18.2 Å². The maximum absolute atomic E-state index is 13.0. The van der Waals surface area contributed by atoms with Crippen molar-refractivity contribution < 1.29 is 18.3 Å². The van der Waals surface area contributed by atoms with Gasteiger partial charge in [0, 0.05) is 13.2 Å². The molecule has 1 unspecified atom stereocenters. The van der Waals surface area contributed by atoms with E-state index >= 15 is 0 Å². The molecular weight excluding hydrogens is 204 g/mol. The molecular formula is C10H13F2NO2. The van der Waals surface area contributed by atoms with Crippen LogP contribution < -0.4 is 10.5 Å². The molecule has 0 spiro atoms. The zero-order valence-corrected chi connectivity index (χ0v) is 8.37. The molecule has 3 nitrogen and oxygen atoms in total. The van der Waals surface area contributed by atoms with Gasteiger partial charge in [-0.25, -0.2) is 8.78 Å². The van der Waals surface area contributed by atoms with Gasteiger partial charge in [-0.3, -0.25) is 0 Å². The molecule has 0 aliphatic heterocycles. The van der Waals surface area contributed by atoms with Gasteiger partial charge in [0.2, 0.25) is 0 Å². The molecule has 0 heterocycles. The van der Waals surface area contributed by atoms with E-state index in [0.29, 0.717) is 6.61 Å². The van der Waals surface area contributed by atoms with E-state index in [1.54, 1.807) is 0 Å². The van der Waals surface area contributed by atoms with Crippen molar-refractivity contribution in [2.45, 2.75) is 6.04 Å². The predicted octanol–water partition coefficient (Wildman–Crippen LogP) is 1.32. The van der Waals surface area contributed by atoms with Crippen LogP contribution in [0.5, 0.6) is 5.75 Å². The highest BCUT2D eigenvalue weighted by molar-refractivity contribution is 5.24. The Hall–Kier alpha value is -1.20. The number of hydrogen-bond donors (Lipinski definition) is 1. The van der Waals surface area contributed by atoms with Gasteiger partial charge in [0.15, 0.2) is 11.6 Å². The Kier molecular flexibility index (Phi) is 4.45. The minimum absolute atomic E-state index is 0.0112. The summed E-state index contributed by atoms with van der Waals surface area (Å²) >= 11 is 0. The minimum Gasteiger partial charge on any atom is -0.489 e. The summed E-state index contributed by atoms with van der Waals surface area (Å²) in [4.78, 5) is 0. The monoisotopic (exact) mass is 217 g/mol. The van der Waals surface area contributed by atoms with E-state index in [-0.39, 0.29) is 18.4 Å². The molecule has 0 aliphatic carbocycles. The number of rotatable bonds is 5. The second-order valence-corrected chi connectivity index (χ2v) is 3.10. The molecule has 1 aromatic rings. The molecule has 1 atom stereocenters. The summed E-state index contributed by atoms with van der Waals surface area (Å²) in [5.41, 5.74) is 5.57. The van der Waals surface area contributed by atoms with E-state index in [1.165, 1.54) is 13.2 Å². The molecule has 0 amide bonds. The largest absolute Gasteiger partial charge is 0.489 e. The molecule has 0 aromatic heterocycles. The van der Waals surface area contributed by atoms with E-state index in [9.17, 15) is 8.78 Å².